The predicted octanol–water partition coefficient (Wildman–Crippen LogP) is 3.38. The van der Waals surface area contributed by atoms with E-state index in [-0.39, 0.29) is 5.78 Å². The third-order valence-corrected chi connectivity index (χ3v) is 2.87. The van der Waals surface area contributed by atoms with Crippen LogP contribution in [0.15, 0.2) is 47.1 Å². The van der Waals surface area contributed by atoms with Crippen molar-refractivity contribution in [2.24, 2.45) is 0 Å². The van der Waals surface area contributed by atoms with Crippen molar-refractivity contribution >= 4 is 11.9 Å². The van der Waals surface area contributed by atoms with Crippen LogP contribution in [0.3, 0.4) is 0 Å². The van der Waals surface area contributed by atoms with E-state index in [0.29, 0.717) is 0 Å². The second kappa shape index (κ2) is 3.85. The monoisotopic (exact) mass is 198 g/mol. The summed E-state index contributed by atoms with van der Waals surface area (Å²) >= 11 is 0. The van der Waals surface area contributed by atoms with Gasteiger partial charge in [-0.15, -0.1) is 0 Å². The lowest BCUT2D eigenvalue weighted by molar-refractivity contribution is -0.111. The van der Waals surface area contributed by atoms with Gasteiger partial charge in [0.1, 0.15) is 0 Å². The summed E-state index contributed by atoms with van der Waals surface area (Å²) in [5.74, 6) is 0.205. The zero-order valence-electron chi connectivity index (χ0n) is 9.08. The number of Topliss-reactive ketones (excluding diaryl/α,β-unsaturated/α-hetero) is 1. The van der Waals surface area contributed by atoms with E-state index < -0.39 is 0 Å². The molecule has 0 radical (unpaired) electrons. The van der Waals surface area contributed by atoms with Crippen LogP contribution in [-0.2, 0) is 4.79 Å². The van der Waals surface area contributed by atoms with Crippen LogP contribution in [0.2, 0.25) is 0 Å². The fourth-order valence-electron chi connectivity index (χ4n) is 1.80. The van der Waals surface area contributed by atoms with Crippen LogP contribution >= 0.6 is 0 Å². The van der Waals surface area contributed by atoms with Crippen LogP contribution in [-0.4, -0.2) is 5.78 Å². The number of carbonyl (C=O) groups excluding carboxylic acids is 1. The normalized spacial score (nSPS) is 19.1. The highest BCUT2D eigenvalue weighted by atomic mass is 16.1. The smallest absolute Gasteiger partial charge is 0.185 e. The highest BCUT2D eigenvalue weighted by Gasteiger charge is 2.21. The van der Waals surface area contributed by atoms with E-state index in [2.05, 4.69) is 0 Å². The molecule has 1 aromatic rings. The number of benzene rings is 1. The molecule has 0 spiro atoms. The number of allylic oxidation sites excluding steroid dienone is 3. The molecule has 0 aliphatic heterocycles. The second-order valence-electron chi connectivity index (χ2n) is 3.99. The number of hydrogen-bond donors (Lipinski definition) is 0. The lowest BCUT2D eigenvalue weighted by Gasteiger charge is -1.96. The Hall–Kier alpha value is -1.63. The Morgan fingerprint density at radius 2 is 1.80 bits per heavy atom. The molecular weight excluding hydrogens is 184 g/mol. The lowest BCUT2D eigenvalue weighted by atomic mass is 10.1. The van der Waals surface area contributed by atoms with Crippen LogP contribution in [0.4, 0.5) is 0 Å². The minimum absolute atomic E-state index is 0.205. The molecule has 0 bridgehead atoms. The minimum Gasteiger partial charge on any atom is -0.289 e. The fraction of sp³-hybridized carbons (Fsp3) is 0.214. The second-order valence-corrected chi connectivity index (χ2v) is 3.99. The van der Waals surface area contributed by atoms with Crippen LogP contribution in [0.5, 0.6) is 0 Å². The molecule has 0 fully saturated rings. The van der Waals surface area contributed by atoms with E-state index in [1.54, 1.807) is 0 Å². The highest BCUT2D eigenvalue weighted by molar-refractivity contribution is 6.13. The first-order valence-corrected chi connectivity index (χ1v) is 5.15. The van der Waals surface area contributed by atoms with E-state index in [9.17, 15) is 4.79 Å². The molecule has 0 N–H and O–H groups in total. The average Bonchev–Trinajstić information content (AvgIpc) is 2.48. The molecule has 0 heterocycles. The van der Waals surface area contributed by atoms with Crippen molar-refractivity contribution in [3.8, 4) is 0 Å². The van der Waals surface area contributed by atoms with Gasteiger partial charge >= 0.3 is 0 Å². The molecular formula is C14H14O. The van der Waals surface area contributed by atoms with Gasteiger partial charge in [-0.05, 0) is 37.5 Å². The molecule has 1 aliphatic rings. The third-order valence-electron chi connectivity index (χ3n) is 2.87. The summed E-state index contributed by atoms with van der Waals surface area (Å²) in [7, 11) is 0. The largest absolute Gasteiger partial charge is 0.289 e. The van der Waals surface area contributed by atoms with E-state index in [1.165, 1.54) is 5.57 Å². The Balaban J connectivity index is 2.30. The number of carbonyl (C=O) groups is 1. The van der Waals surface area contributed by atoms with Gasteiger partial charge in [-0.25, -0.2) is 0 Å². The fourth-order valence-corrected chi connectivity index (χ4v) is 1.80. The summed E-state index contributed by atoms with van der Waals surface area (Å²) in [5, 5.41) is 0. The summed E-state index contributed by atoms with van der Waals surface area (Å²) in [5.41, 5.74) is 4.12. The molecule has 2 rings (SSSR count). The van der Waals surface area contributed by atoms with E-state index in [1.807, 2.05) is 50.3 Å². The summed E-state index contributed by atoms with van der Waals surface area (Å²) in [4.78, 5) is 11.8. The van der Waals surface area contributed by atoms with Crippen molar-refractivity contribution in [2.75, 3.05) is 0 Å². The van der Waals surface area contributed by atoms with Crippen molar-refractivity contribution < 1.29 is 4.79 Å². The summed E-state index contributed by atoms with van der Waals surface area (Å²) in [6.07, 6.45) is 2.79. The van der Waals surface area contributed by atoms with Gasteiger partial charge < -0.3 is 0 Å². The van der Waals surface area contributed by atoms with Crippen LogP contribution in [0.1, 0.15) is 25.8 Å². The molecule has 15 heavy (non-hydrogen) atoms. The predicted molar refractivity (Wildman–Crippen MR) is 62.4 cm³/mol. The Bertz CT molecular complexity index is 449. The van der Waals surface area contributed by atoms with E-state index >= 15 is 0 Å². The molecule has 0 aromatic heterocycles. The number of rotatable bonds is 1. The molecule has 76 valence electrons. The number of ketones is 1. The maximum atomic E-state index is 11.8. The first-order valence-electron chi connectivity index (χ1n) is 5.15. The van der Waals surface area contributed by atoms with Crippen LogP contribution in [0.25, 0.3) is 6.08 Å². The van der Waals surface area contributed by atoms with Gasteiger partial charge in [0.05, 0.1) is 0 Å². The molecule has 1 nitrogen and oxygen atoms in total. The highest BCUT2D eigenvalue weighted by Crippen LogP contribution is 2.28. The Morgan fingerprint density at radius 3 is 2.33 bits per heavy atom. The van der Waals surface area contributed by atoms with E-state index in [4.69, 9.17) is 0 Å². The van der Waals surface area contributed by atoms with Crippen LogP contribution in [0, 0.1) is 0 Å². The SMILES string of the molecule is CC1=C(C)C(=O)/C(=C/c2ccccc2)C1. The van der Waals surface area contributed by atoms with Crippen LogP contribution < -0.4 is 0 Å². The topological polar surface area (TPSA) is 17.1 Å². The lowest BCUT2D eigenvalue weighted by Crippen LogP contribution is -1.95. The van der Waals surface area contributed by atoms with Crippen molar-refractivity contribution in [3.05, 3.63) is 52.6 Å². The van der Waals surface area contributed by atoms with Gasteiger partial charge in [0.15, 0.2) is 5.78 Å². The van der Waals surface area contributed by atoms with Crippen molar-refractivity contribution in [1.82, 2.24) is 0 Å². The van der Waals surface area contributed by atoms with Gasteiger partial charge in [-0.1, -0.05) is 35.9 Å². The standard InChI is InChI=1S/C14H14O/c1-10-8-13(14(15)11(10)2)9-12-6-4-3-5-7-12/h3-7,9H,8H2,1-2H3/b13-9+. The molecule has 0 amide bonds. The zero-order chi connectivity index (χ0) is 10.8. The van der Waals surface area contributed by atoms with Gasteiger partial charge in [0, 0.05) is 5.57 Å². The first kappa shape index (κ1) is 9.91. The summed E-state index contributed by atoms with van der Waals surface area (Å²) in [6, 6.07) is 9.98. The van der Waals surface area contributed by atoms with Gasteiger partial charge in [0.25, 0.3) is 0 Å². The molecule has 0 saturated heterocycles. The van der Waals surface area contributed by atoms with Crippen molar-refractivity contribution in [3.63, 3.8) is 0 Å². The molecule has 1 aromatic carbocycles. The van der Waals surface area contributed by atoms with Gasteiger partial charge in [-0.3, -0.25) is 4.79 Å². The zero-order valence-corrected chi connectivity index (χ0v) is 9.08. The Labute approximate surface area is 90.1 Å². The summed E-state index contributed by atoms with van der Waals surface area (Å²) in [6.45, 7) is 3.93. The maximum absolute atomic E-state index is 11.8. The van der Waals surface area contributed by atoms with Gasteiger partial charge in [-0.2, -0.15) is 0 Å². The van der Waals surface area contributed by atoms with E-state index in [0.717, 1.165) is 23.1 Å². The molecule has 1 heteroatoms. The average molecular weight is 198 g/mol. The summed E-state index contributed by atoms with van der Waals surface area (Å²) < 4.78 is 0. The van der Waals surface area contributed by atoms with Gasteiger partial charge in [0.2, 0.25) is 0 Å². The third kappa shape index (κ3) is 1.91. The molecule has 0 unspecified atom stereocenters. The Kier molecular flexibility index (Phi) is 2.55. The quantitative estimate of drug-likeness (QED) is 0.632. The number of hydrogen-bond acceptors (Lipinski definition) is 1. The molecule has 0 saturated carbocycles. The first-order chi connectivity index (χ1) is 7.18. The van der Waals surface area contributed by atoms with Crippen molar-refractivity contribution in [2.45, 2.75) is 20.3 Å². The molecule has 0 atom stereocenters. The minimum atomic E-state index is 0.205. The molecule has 1 aliphatic carbocycles. The Morgan fingerprint density at radius 1 is 1.13 bits per heavy atom. The maximum Gasteiger partial charge on any atom is 0.185 e. The van der Waals surface area contributed by atoms with Crippen molar-refractivity contribution in [1.29, 1.82) is 0 Å².